The highest BCUT2D eigenvalue weighted by molar-refractivity contribution is 6.42. The van der Waals surface area contributed by atoms with Gasteiger partial charge in [0.1, 0.15) is 0 Å². The van der Waals surface area contributed by atoms with Crippen molar-refractivity contribution in [1.82, 2.24) is 0 Å². The van der Waals surface area contributed by atoms with E-state index in [4.69, 9.17) is 28.9 Å². The predicted molar refractivity (Wildman–Crippen MR) is 63.5 cm³/mol. The van der Waals surface area contributed by atoms with Crippen LogP contribution in [-0.4, -0.2) is 6.04 Å². The van der Waals surface area contributed by atoms with Gasteiger partial charge in [-0.1, -0.05) is 29.3 Å². The molecule has 0 heterocycles. The second kappa shape index (κ2) is 3.13. The van der Waals surface area contributed by atoms with Crippen molar-refractivity contribution in [3.63, 3.8) is 0 Å². The number of benzene rings is 1. The number of nitrogens with two attached hydrogens (primary N) is 1. The van der Waals surface area contributed by atoms with Crippen LogP contribution < -0.4 is 5.73 Å². The van der Waals surface area contributed by atoms with Gasteiger partial charge in [-0.25, -0.2) is 0 Å². The molecule has 0 amide bonds. The van der Waals surface area contributed by atoms with E-state index < -0.39 is 0 Å². The Morgan fingerprint density at radius 3 is 2.60 bits per heavy atom. The average molecular weight is 242 g/mol. The Balaban J connectivity index is 1.97. The normalized spacial score (nSPS) is 37.8. The molecule has 2 N–H and O–H groups in total. The van der Waals surface area contributed by atoms with E-state index in [-0.39, 0.29) is 0 Å². The predicted octanol–water partition coefficient (Wildman–Crippen LogP) is 3.37. The van der Waals surface area contributed by atoms with Gasteiger partial charge in [0.2, 0.25) is 0 Å². The lowest BCUT2D eigenvalue weighted by molar-refractivity contribution is 0.583. The van der Waals surface area contributed by atoms with Crippen molar-refractivity contribution in [1.29, 1.82) is 0 Å². The monoisotopic (exact) mass is 241 g/mol. The Hall–Kier alpha value is -0.240. The molecule has 0 saturated heterocycles. The van der Waals surface area contributed by atoms with E-state index in [1.165, 1.54) is 18.4 Å². The molecule has 3 heteroatoms. The first kappa shape index (κ1) is 9.95. The van der Waals surface area contributed by atoms with Crippen molar-refractivity contribution in [3.05, 3.63) is 33.8 Å². The van der Waals surface area contributed by atoms with Gasteiger partial charge in [-0.2, -0.15) is 0 Å². The zero-order valence-corrected chi connectivity index (χ0v) is 9.85. The van der Waals surface area contributed by atoms with Crippen molar-refractivity contribution in [2.24, 2.45) is 11.7 Å². The topological polar surface area (TPSA) is 26.0 Å². The summed E-state index contributed by atoms with van der Waals surface area (Å²) in [6.07, 6.45) is 3.55. The molecular weight excluding hydrogens is 229 g/mol. The minimum atomic E-state index is 0.341. The molecule has 1 nitrogen and oxygen atoms in total. The Bertz CT molecular complexity index is 418. The summed E-state index contributed by atoms with van der Waals surface area (Å²) < 4.78 is 0. The van der Waals surface area contributed by atoms with Crippen molar-refractivity contribution >= 4 is 23.2 Å². The van der Waals surface area contributed by atoms with Gasteiger partial charge >= 0.3 is 0 Å². The van der Waals surface area contributed by atoms with Crippen molar-refractivity contribution in [3.8, 4) is 0 Å². The molecule has 1 unspecified atom stereocenters. The molecule has 80 valence electrons. The van der Waals surface area contributed by atoms with E-state index in [0.29, 0.717) is 21.5 Å². The Morgan fingerprint density at radius 1 is 1.20 bits per heavy atom. The van der Waals surface area contributed by atoms with E-state index in [2.05, 4.69) is 6.07 Å². The first-order valence-electron chi connectivity index (χ1n) is 5.33. The summed E-state index contributed by atoms with van der Waals surface area (Å²) in [6, 6.07) is 6.39. The van der Waals surface area contributed by atoms with E-state index in [1.54, 1.807) is 0 Å². The molecule has 0 radical (unpaired) electrons. The first-order valence-corrected chi connectivity index (χ1v) is 6.08. The Kier molecular flexibility index (Phi) is 2.08. The molecule has 15 heavy (non-hydrogen) atoms. The zero-order chi connectivity index (χ0) is 10.6. The maximum absolute atomic E-state index is 6.05. The highest BCUT2D eigenvalue weighted by Gasteiger charge is 2.60. The van der Waals surface area contributed by atoms with Gasteiger partial charge in [0.25, 0.3) is 0 Å². The third kappa shape index (κ3) is 1.41. The van der Waals surface area contributed by atoms with Crippen molar-refractivity contribution < 1.29 is 0 Å². The molecule has 2 fully saturated rings. The summed E-state index contributed by atoms with van der Waals surface area (Å²) in [5.74, 6) is 0.782. The zero-order valence-electron chi connectivity index (χ0n) is 8.34. The average Bonchev–Trinajstić information content (AvgIpc) is 2.75. The van der Waals surface area contributed by atoms with E-state index in [9.17, 15) is 0 Å². The minimum absolute atomic E-state index is 0.341. The molecule has 0 spiro atoms. The summed E-state index contributed by atoms with van der Waals surface area (Å²) in [7, 11) is 0. The molecule has 2 saturated carbocycles. The molecular formula is C12H13Cl2N. The number of halogens is 2. The maximum atomic E-state index is 6.05. The van der Waals surface area contributed by atoms with E-state index >= 15 is 0 Å². The van der Waals surface area contributed by atoms with Gasteiger partial charge < -0.3 is 5.73 Å². The van der Waals surface area contributed by atoms with Gasteiger partial charge in [0.15, 0.2) is 0 Å². The number of rotatable bonds is 1. The van der Waals surface area contributed by atoms with Crippen LogP contribution in [0, 0.1) is 5.92 Å². The second-order valence-corrected chi connectivity index (χ2v) is 5.70. The highest BCUT2D eigenvalue weighted by atomic mass is 35.5. The Morgan fingerprint density at radius 2 is 2.00 bits per heavy atom. The molecule has 2 aliphatic rings. The number of hydrogen-bond acceptors (Lipinski definition) is 1. The molecule has 0 bridgehead atoms. The SMILES string of the molecule is NC1C[C@H]2C[C@]2(c2ccc(Cl)c(Cl)c2)C1. The summed E-state index contributed by atoms with van der Waals surface area (Å²) in [4.78, 5) is 0. The standard InChI is InChI=1S/C12H13Cl2N/c13-10-2-1-7(4-11(10)14)12-5-8(12)3-9(15)6-12/h1-2,4,8-9H,3,5-6,15H2/t8-,9?,12+/m0/s1. The third-order valence-electron chi connectivity index (χ3n) is 3.94. The van der Waals surface area contributed by atoms with Crippen LogP contribution in [0.3, 0.4) is 0 Å². The lowest BCUT2D eigenvalue weighted by Gasteiger charge is -2.15. The summed E-state index contributed by atoms with van der Waals surface area (Å²) in [5.41, 5.74) is 7.66. The molecule has 3 rings (SSSR count). The fourth-order valence-corrected chi connectivity index (χ4v) is 3.43. The van der Waals surface area contributed by atoms with Crippen molar-refractivity contribution in [2.45, 2.75) is 30.7 Å². The van der Waals surface area contributed by atoms with Gasteiger partial charge in [-0.05, 0) is 42.9 Å². The second-order valence-electron chi connectivity index (χ2n) is 4.89. The summed E-state index contributed by atoms with van der Waals surface area (Å²) in [6.45, 7) is 0. The van der Waals surface area contributed by atoms with Crippen LogP contribution in [-0.2, 0) is 5.41 Å². The first-order chi connectivity index (χ1) is 7.12. The van der Waals surface area contributed by atoms with Crippen LogP contribution in [0.25, 0.3) is 0 Å². The molecule has 0 aliphatic heterocycles. The molecule has 3 atom stereocenters. The van der Waals surface area contributed by atoms with Gasteiger partial charge in [-0.15, -0.1) is 0 Å². The number of fused-ring (bicyclic) bond motifs is 1. The largest absolute Gasteiger partial charge is 0.328 e. The molecule has 2 aliphatic carbocycles. The van der Waals surface area contributed by atoms with Crippen LogP contribution in [0.2, 0.25) is 10.0 Å². The van der Waals surface area contributed by atoms with Crippen LogP contribution in [0.15, 0.2) is 18.2 Å². The van der Waals surface area contributed by atoms with E-state index in [1.807, 2.05) is 12.1 Å². The molecule has 1 aromatic carbocycles. The quantitative estimate of drug-likeness (QED) is 0.802. The van der Waals surface area contributed by atoms with E-state index in [0.717, 1.165) is 12.3 Å². The van der Waals surface area contributed by atoms with Crippen LogP contribution >= 0.6 is 23.2 Å². The maximum Gasteiger partial charge on any atom is 0.0595 e. The lowest BCUT2D eigenvalue weighted by atomic mass is 9.92. The third-order valence-corrected chi connectivity index (χ3v) is 4.68. The molecule has 1 aromatic rings. The highest BCUT2D eigenvalue weighted by Crippen LogP contribution is 2.64. The van der Waals surface area contributed by atoms with Gasteiger partial charge in [0, 0.05) is 11.5 Å². The summed E-state index contributed by atoms with van der Waals surface area (Å²) in [5, 5.41) is 1.30. The van der Waals surface area contributed by atoms with Gasteiger partial charge in [-0.3, -0.25) is 0 Å². The number of hydrogen-bond donors (Lipinski definition) is 1. The van der Waals surface area contributed by atoms with Gasteiger partial charge in [0.05, 0.1) is 10.0 Å². The fraction of sp³-hybridized carbons (Fsp3) is 0.500. The molecule has 0 aromatic heterocycles. The fourth-order valence-electron chi connectivity index (χ4n) is 3.13. The van der Waals surface area contributed by atoms with Crippen LogP contribution in [0.5, 0.6) is 0 Å². The lowest BCUT2D eigenvalue weighted by Crippen LogP contribution is -2.20. The van der Waals surface area contributed by atoms with Crippen molar-refractivity contribution in [2.75, 3.05) is 0 Å². The smallest absolute Gasteiger partial charge is 0.0595 e. The van der Waals surface area contributed by atoms with Crippen LogP contribution in [0.4, 0.5) is 0 Å². The van der Waals surface area contributed by atoms with Crippen LogP contribution in [0.1, 0.15) is 24.8 Å². The minimum Gasteiger partial charge on any atom is -0.328 e. The summed E-state index contributed by atoms with van der Waals surface area (Å²) >= 11 is 12.0. The Labute approximate surface area is 99.6 Å².